The zero-order valence-electron chi connectivity index (χ0n) is 18.5. The van der Waals surface area contributed by atoms with E-state index in [9.17, 15) is 4.79 Å². The molecule has 7 heteroatoms. The molecule has 0 radical (unpaired) electrons. The van der Waals surface area contributed by atoms with Gasteiger partial charge in [-0.15, -0.1) is 11.8 Å². The van der Waals surface area contributed by atoms with Crippen LogP contribution in [0.4, 0.5) is 5.69 Å². The number of carbonyl (C=O) groups is 1. The zero-order chi connectivity index (χ0) is 23.1. The van der Waals surface area contributed by atoms with Crippen molar-refractivity contribution in [3.05, 3.63) is 76.3 Å². The Morgan fingerprint density at radius 2 is 1.69 bits per heavy atom. The molecular formula is C25H26ClNO4S. The van der Waals surface area contributed by atoms with Crippen molar-refractivity contribution in [2.45, 2.75) is 24.5 Å². The lowest BCUT2D eigenvalue weighted by molar-refractivity contribution is 0.102. The Morgan fingerprint density at radius 1 is 0.969 bits per heavy atom. The summed E-state index contributed by atoms with van der Waals surface area (Å²) in [6.45, 7) is 4.56. The molecule has 0 unspecified atom stereocenters. The van der Waals surface area contributed by atoms with Crippen molar-refractivity contribution in [3.63, 3.8) is 0 Å². The minimum Gasteiger partial charge on any atom is -0.495 e. The summed E-state index contributed by atoms with van der Waals surface area (Å²) in [6.07, 6.45) is 0. The lowest BCUT2D eigenvalue weighted by Crippen LogP contribution is -2.13. The lowest BCUT2D eigenvalue weighted by Gasteiger charge is -2.15. The van der Waals surface area contributed by atoms with E-state index >= 15 is 0 Å². The molecule has 168 valence electrons. The van der Waals surface area contributed by atoms with Crippen LogP contribution in [0.25, 0.3) is 0 Å². The molecule has 0 aliphatic heterocycles. The molecule has 0 heterocycles. The predicted octanol–water partition coefficient (Wildman–Crippen LogP) is 6.61. The van der Waals surface area contributed by atoms with Gasteiger partial charge in [-0.1, -0.05) is 29.3 Å². The standard InChI is InChI=1S/C25H26ClNO4S/c1-5-31-22-11-8-17(12-18(22)15-32-19-9-6-16(2)7-10-19)25(28)27-21-14-23(29-3)20(26)13-24(21)30-4/h6-14H,5,15H2,1-4H3,(H,27,28). The second kappa shape index (κ2) is 11.2. The van der Waals surface area contributed by atoms with Crippen molar-refractivity contribution in [2.75, 3.05) is 26.1 Å². The minimum absolute atomic E-state index is 0.266. The van der Waals surface area contributed by atoms with E-state index in [1.54, 1.807) is 30.0 Å². The summed E-state index contributed by atoms with van der Waals surface area (Å²) < 4.78 is 16.4. The van der Waals surface area contributed by atoms with E-state index in [2.05, 4.69) is 36.5 Å². The van der Waals surface area contributed by atoms with Crippen molar-refractivity contribution in [1.29, 1.82) is 0 Å². The summed E-state index contributed by atoms with van der Waals surface area (Å²) >= 11 is 7.86. The number of aryl methyl sites for hydroxylation is 1. The molecule has 0 aliphatic rings. The van der Waals surface area contributed by atoms with Crippen molar-refractivity contribution in [2.24, 2.45) is 0 Å². The summed E-state index contributed by atoms with van der Waals surface area (Å²) in [5, 5.41) is 3.29. The Bertz CT molecular complexity index is 1090. The van der Waals surface area contributed by atoms with Crippen molar-refractivity contribution in [1.82, 2.24) is 0 Å². The fraction of sp³-hybridized carbons (Fsp3) is 0.240. The molecule has 3 aromatic carbocycles. The zero-order valence-corrected chi connectivity index (χ0v) is 20.1. The average Bonchev–Trinajstić information content (AvgIpc) is 2.80. The number of nitrogens with one attached hydrogen (secondary N) is 1. The smallest absolute Gasteiger partial charge is 0.255 e. The first kappa shape index (κ1) is 23.8. The first-order valence-electron chi connectivity index (χ1n) is 10.1. The monoisotopic (exact) mass is 471 g/mol. The van der Waals surface area contributed by atoms with Gasteiger partial charge >= 0.3 is 0 Å². The molecule has 0 saturated carbocycles. The molecule has 0 bridgehead atoms. The van der Waals surface area contributed by atoms with Crippen LogP contribution in [0.3, 0.4) is 0 Å². The Balaban J connectivity index is 1.83. The molecule has 0 fully saturated rings. The van der Waals surface area contributed by atoms with E-state index in [4.69, 9.17) is 25.8 Å². The van der Waals surface area contributed by atoms with E-state index in [-0.39, 0.29) is 5.91 Å². The quantitative estimate of drug-likeness (QED) is 0.356. The summed E-state index contributed by atoms with van der Waals surface area (Å²) in [4.78, 5) is 14.2. The van der Waals surface area contributed by atoms with Crippen molar-refractivity contribution < 1.29 is 19.0 Å². The van der Waals surface area contributed by atoms with Crippen LogP contribution in [0.5, 0.6) is 17.2 Å². The van der Waals surface area contributed by atoms with Gasteiger partial charge in [0.1, 0.15) is 17.2 Å². The molecular weight excluding hydrogens is 446 g/mol. The van der Waals surface area contributed by atoms with Crippen LogP contribution in [0.2, 0.25) is 5.02 Å². The summed E-state index contributed by atoms with van der Waals surface area (Å²) in [5.41, 5.74) is 3.16. The van der Waals surface area contributed by atoms with E-state index in [0.717, 1.165) is 16.2 Å². The molecule has 3 rings (SSSR count). The third kappa shape index (κ3) is 5.90. The Hall–Kier alpha value is -2.83. The Kier molecular flexibility index (Phi) is 8.31. The van der Waals surface area contributed by atoms with Gasteiger partial charge in [0.05, 0.1) is 31.5 Å². The maximum atomic E-state index is 13.0. The van der Waals surface area contributed by atoms with Gasteiger partial charge in [-0.2, -0.15) is 0 Å². The van der Waals surface area contributed by atoms with Crippen molar-refractivity contribution in [3.8, 4) is 17.2 Å². The molecule has 32 heavy (non-hydrogen) atoms. The first-order valence-corrected chi connectivity index (χ1v) is 11.5. The van der Waals surface area contributed by atoms with Gasteiger partial charge in [-0.25, -0.2) is 0 Å². The van der Waals surface area contributed by atoms with Gasteiger partial charge < -0.3 is 19.5 Å². The van der Waals surface area contributed by atoms with Gasteiger partial charge in [0.25, 0.3) is 5.91 Å². The number of hydrogen-bond donors (Lipinski definition) is 1. The number of halogens is 1. The second-order valence-corrected chi connectivity index (χ2v) is 8.45. The van der Waals surface area contributed by atoms with Gasteiger partial charge in [0.15, 0.2) is 0 Å². The summed E-state index contributed by atoms with van der Waals surface area (Å²) in [6, 6.07) is 17.1. The molecule has 0 aliphatic carbocycles. The Morgan fingerprint density at radius 3 is 2.34 bits per heavy atom. The van der Waals surface area contributed by atoms with Crippen LogP contribution in [0, 0.1) is 6.92 Å². The van der Waals surface area contributed by atoms with Crippen LogP contribution < -0.4 is 19.5 Å². The number of carbonyl (C=O) groups excluding carboxylic acids is 1. The highest BCUT2D eigenvalue weighted by Crippen LogP contribution is 2.36. The van der Waals surface area contributed by atoms with Crippen LogP contribution in [0.1, 0.15) is 28.4 Å². The molecule has 3 aromatic rings. The molecule has 1 N–H and O–H groups in total. The molecule has 5 nitrogen and oxygen atoms in total. The van der Waals surface area contributed by atoms with Gasteiger partial charge in [0, 0.05) is 33.9 Å². The van der Waals surface area contributed by atoms with Gasteiger partial charge in [-0.3, -0.25) is 4.79 Å². The lowest BCUT2D eigenvalue weighted by atomic mass is 10.1. The number of anilines is 1. The minimum atomic E-state index is -0.266. The fourth-order valence-corrected chi connectivity index (χ4v) is 4.19. The predicted molar refractivity (Wildman–Crippen MR) is 131 cm³/mol. The number of hydrogen-bond acceptors (Lipinski definition) is 5. The number of amides is 1. The van der Waals surface area contributed by atoms with Crippen molar-refractivity contribution >= 4 is 35.0 Å². The molecule has 0 aromatic heterocycles. The highest BCUT2D eigenvalue weighted by atomic mass is 35.5. The number of rotatable bonds is 9. The molecule has 0 saturated heterocycles. The van der Waals surface area contributed by atoms with E-state index in [1.807, 2.05) is 19.1 Å². The first-order chi connectivity index (χ1) is 15.4. The van der Waals surface area contributed by atoms with Crippen LogP contribution >= 0.6 is 23.4 Å². The Labute approximate surface area is 198 Å². The van der Waals surface area contributed by atoms with E-state index in [1.165, 1.54) is 19.8 Å². The maximum Gasteiger partial charge on any atom is 0.255 e. The highest BCUT2D eigenvalue weighted by molar-refractivity contribution is 7.98. The van der Waals surface area contributed by atoms with Crippen LogP contribution in [-0.2, 0) is 5.75 Å². The fourth-order valence-electron chi connectivity index (χ4n) is 3.08. The van der Waals surface area contributed by atoms with E-state index < -0.39 is 0 Å². The van der Waals surface area contributed by atoms with Gasteiger partial charge in [-0.05, 0) is 44.2 Å². The highest BCUT2D eigenvalue weighted by Gasteiger charge is 2.16. The van der Waals surface area contributed by atoms with Crippen LogP contribution in [0.15, 0.2) is 59.5 Å². The third-order valence-electron chi connectivity index (χ3n) is 4.76. The topological polar surface area (TPSA) is 56.8 Å². The third-order valence-corrected chi connectivity index (χ3v) is 6.12. The maximum absolute atomic E-state index is 13.0. The average molecular weight is 472 g/mol. The number of ether oxygens (including phenoxy) is 3. The van der Waals surface area contributed by atoms with Crippen LogP contribution in [-0.4, -0.2) is 26.7 Å². The molecule has 0 atom stereocenters. The summed E-state index contributed by atoms with van der Waals surface area (Å²) in [7, 11) is 3.04. The molecule has 0 spiro atoms. The largest absolute Gasteiger partial charge is 0.495 e. The number of thioether (sulfide) groups is 1. The number of methoxy groups -OCH3 is 2. The normalized spacial score (nSPS) is 10.5. The van der Waals surface area contributed by atoms with E-state index in [0.29, 0.717) is 40.1 Å². The van der Waals surface area contributed by atoms with Gasteiger partial charge in [0.2, 0.25) is 0 Å². The SMILES string of the molecule is CCOc1ccc(C(=O)Nc2cc(OC)c(Cl)cc2OC)cc1CSc1ccc(C)cc1. The summed E-state index contributed by atoms with van der Waals surface area (Å²) in [5.74, 6) is 2.08. The molecule has 1 amide bonds. The number of benzene rings is 3. The second-order valence-electron chi connectivity index (χ2n) is 7.00.